The molecule has 2 aromatic rings. The summed E-state index contributed by atoms with van der Waals surface area (Å²) < 4.78 is 4.64. The van der Waals surface area contributed by atoms with E-state index in [0.717, 1.165) is 16.7 Å². The van der Waals surface area contributed by atoms with Crippen molar-refractivity contribution in [1.29, 1.82) is 0 Å². The van der Waals surface area contributed by atoms with E-state index in [1.807, 2.05) is 55.5 Å². The predicted molar refractivity (Wildman–Crippen MR) is 79.7 cm³/mol. The standard InChI is InChI=1S/C16H18N2O2/c1-11-8-9-13(14(10-11)18-16(19)20-2)15(17)12-6-4-3-5-7-12/h3-10,15H,17H2,1-2H3,(H,18,19). The molecule has 4 heteroatoms. The first-order chi connectivity index (χ1) is 9.61. The van der Waals surface area contributed by atoms with Crippen molar-refractivity contribution in [2.75, 3.05) is 12.4 Å². The lowest BCUT2D eigenvalue weighted by molar-refractivity contribution is 0.187. The van der Waals surface area contributed by atoms with Gasteiger partial charge in [-0.05, 0) is 29.7 Å². The molecule has 0 heterocycles. The van der Waals surface area contributed by atoms with Crippen LogP contribution in [0.5, 0.6) is 0 Å². The summed E-state index contributed by atoms with van der Waals surface area (Å²) in [5.74, 6) is 0. The monoisotopic (exact) mass is 270 g/mol. The first-order valence-electron chi connectivity index (χ1n) is 6.38. The van der Waals surface area contributed by atoms with E-state index in [4.69, 9.17) is 5.73 Å². The molecule has 1 amide bonds. The second-order valence-electron chi connectivity index (χ2n) is 4.60. The van der Waals surface area contributed by atoms with Gasteiger partial charge in [-0.25, -0.2) is 4.79 Å². The predicted octanol–water partition coefficient (Wildman–Crippen LogP) is 3.22. The third-order valence-electron chi connectivity index (χ3n) is 3.12. The minimum Gasteiger partial charge on any atom is -0.453 e. The molecule has 0 saturated carbocycles. The first kappa shape index (κ1) is 14.1. The van der Waals surface area contributed by atoms with Crippen molar-refractivity contribution in [2.45, 2.75) is 13.0 Å². The van der Waals surface area contributed by atoms with Gasteiger partial charge in [-0.15, -0.1) is 0 Å². The molecule has 0 saturated heterocycles. The van der Waals surface area contributed by atoms with Crippen molar-refractivity contribution in [2.24, 2.45) is 5.73 Å². The third kappa shape index (κ3) is 3.16. The van der Waals surface area contributed by atoms with Gasteiger partial charge in [0.1, 0.15) is 0 Å². The van der Waals surface area contributed by atoms with Gasteiger partial charge in [-0.2, -0.15) is 0 Å². The maximum absolute atomic E-state index is 11.4. The molecule has 3 N–H and O–H groups in total. The van der Waals surface area contributed by atoms with Gasteiger partial charge in [0.05, 0.1) is 13.2 Å². The Morgan fingerprint density at radius 1 is 1.20 bits per heavy atom. The molecule has 4 nitrogen and oxygen atoms in total. The lowest BCUT2D eigenvalue weighted by atomic mass is 9.97. The molecule has 104 valence electrons. The molecule has 0 aliphatic carbocycles. The van der Waals surface area contributed by atoms with Gasteiger partial charge in [-0.1, -0.05) is 42.5 Å². The summed E-state index contributed by atoms with van der Waals surface area (Å²) in [7, 11) is 1.34. The van der Waals surface area contributed by atoms with Crippen LogP contribution in [0.3, 0.4) is 0 Å². The Hall–Kier alpha value is -2.33. The van der Waals surface area contributed by atoms with Crippen LogP contribution in [0.25, 0.3) is 0 Å². The summed E-state index contributed by atoms with van der Waals surface area (Å²) in [5, 5.41) is 2.71. The van der Waals surface area contributed by atoms with Crippen LogP contribution in [0.4, 0.5) is 10.5 Å². The van der Waals surface area contributed by atoms with Crippen LogP contribution < -0.4 is 11.1 Å². The van der Waals surface area contributed by atoms with E-state index in [1.54, 1.807) is 0 Å². The zero-order valence-electron chi connectivity index (χ0n) is 11.6. The Bertz CT molecular complexity index is 597. The topological polar surface area (TPSA) is 64.3 Å². The lowest BCUT2D eigenvalue weighted by Gasteiger charge is -2.17. The number of carbonyl (C=O) groups excluding carboxylic acids is 1. The summed E-state index contributed by atoms with van der Waals surface area (Å²) in [6, 6.07) is 15.2. The summed E-state index contributed by atoms with van der Waals surface area (Å²) in [5.41, 5.74) is 9.85. The number of nitrogens with two attached hydrogens (primary N) is 1. The zero-order valence-corrected chi connectivity index (χ0v) is 11.6. The highest BCUT2D eigenvalue weighted by Gasteiger charge is 2.15. The zero-order chi connectivity index (χ0) is 14.5. The van der Waals surface area contributed by atoms with Gasteiger partial charge in [0, 0.05) is 5.69 Å². The van der Waals surface area contributed by atoms with Crippen LogP contribution in [0.2, 0.25) is 0 Å². The van der Waals surface area contributed by atoms with Crippen molar-refractivity contribution in [3.8, 4) is 0 Å². The molecule has 0 fully saturated rings. The molecule has 1 unspecified atom stereocenters. The molecule has 0 radical (unpaired) electrons. The molecule has 0 spiro atoms. The Morgan fingerprint density at radius 2 is 1.90 bits per heavy atom. The van der Waals surface area contributed by atoms with Gasteiger partial charge in [0.15, 0.2) is 0 Å². The van der Waals surface area contributed by atoms with Gasteiger partial charge < -0.3 is 10.5 Å². The van der Waals surface area contributed by atoms with Crippen molar-refractivity contribution >= 4 is 11.8 Å². The number of hydrogen-bond acceptors (Lipinski definition) is 3. The third-order valence-corrected chi connectivity index (χ3v) is 3.12. The number of nitrogens with one attached hydrogen (secondary N) is 1. The Balaban J connectivity index is 2.38. The van der Waals surface area contributed by atoms with E-state index < -0.39 is 6.09 Å². The van der Waals surface area contributed by atoms with Crippen molar-refractivity contribution in [3.63, 3.8) is 0 Å². The minimum absolute atomic E-state index is 0.302. The largest absolute Gasteiger partial charge is 0.453 e. The average molecular weight is 270 g/mol. The van der Waals surface area contributed by atoms with E-state index in [2.05, 4.69) is 10.1 Å². The maximum atomic E-state index is 11.4. The highest BCUT2D eigenvalue weighted by atomic mass is 16.5. The highest BCUT2D eigenvalue weighted by Crippen LogP contribution is 2.27. The fraction of sp³-hybridized carbons (Fsp3) is 0.188. The van der Waals surface area contributed by atoms with Gasteiger partial charge in [0.2, 0.25) is 0 Å². The molecule has 2 rings (SSSR count). The Morgan fingerprint density at radius 3 is 2.55 bits per heavy atom. The van der Waals surface area contributed by atoms with E-state index in [0.29, 0.717) is 5.69 Å². The molecule has 0 bridgehead atoms. The Labute approximate surface area is 118 Å². The number of carbonyl (C=O) groups is 1. The van der Waals surface area contributed by atoms with Crippen molar-refractivity contribution in [3.05, 3.63) is 65.2 Å². The number of hydrogen-bond donors (Lipinski definition) is 2. The Kier molecular flexibility index (Phi) is 4.38. The number of amides is 1. The van der Waals surface area contributed by atoms with Gasteiger partial charge >= 0.3 is 6.09 Å². The molecule has 1 atom stereocenters. The SMILES string of the molecule is COC(=O)Nc1cc(C)ccc1C(N)c1ccccc1. The highest BCUT2D eigenvalue weighted by molar-refractivity contribution is 5.86. The quantitative estimate of drug-likeness (QED) is 0.900. The van der Waals surface area contributed by atoms with Crippen LogP contribution in [0, 0.1) is 6.92 Å². The molecule has 2 aromatic carbocycles. The molecule has 0 aliphatic heterocycles. The maximum Gasteiger partial charge on any atom is 0.411 e. The number of aryl methyl sites for hydroxylation is 1. The summed E-state index contributed by atoms with van der Waals surface area (Å²) >= 11 is 0. The second kappa shape index (κ2) is 6.21. The van der Waals surface area contributed by atoms with Crippen molar-refractivity contribution < 1.29 is 9.53 Å². The van der Waals surface area contributed by atoms with Crippen molar-refractivity contribution in [1.82, 2.24) is 0 Å². The normalized spacial score (nSPS) is 11.8. The molecular weight excluding hydrogens is 252 g/mol. The van der Waals surface area contributed by atoms with E-state index in [-0.39, 0.29) is 6.04 Å². The average Bonchev–Trinajstić information content (AvgIpc) is 2.47. The van der Waals surface area contributed by atoms with Crippen LogP contribution in [-0.4, -0.2) is 13.2 Å². The first-order valence-corrected chi connectivity index (χ1v) is 6.38. The number of ether oxygens (including phenoxy) is 1. The second-order valence-corrected chi connectivity index (χ2v) is 4.60. The fourth-order valence-corrected chi connectivity index (χ4v) is 2.05. The summed E-state index contributed by atoms with van der Waals surface area (Å²) in [6.07, 6.45) is -0.503. The smallest absolute Gasteiger partial charge is 0.411 e. The number of rotatable bonds is 3. The molecule has 0 aliphatic rings. The summed E-state index contributed by atoms with van der Waals surface area (Å²) in [4.78, 5) is 11.4. The fourth-order valence-electron chi connectivity index (χ4n) is 2.05. The molecular formula is C16H18N2O2. The minimum atomic E-state index is -0.503. The van der Waals surface area contributed by atoms with Crippen LogP contribution in [0.15, 0.2) is 48.5 Å². The van der Waals surface area contributed by atoms with Crippen LogP contribution in [0.1, 0.15) is 22.7 Å². The number of methoxy groups -OCH3 is 1. The molecule has 0 aromatic heterocycles. The van der Waals surface area contributed by atoms with E-state index >= 15 is 0 Å². The van der Waals surface area contributed by atoms with Gasteiger partial charge in [-0.3, -0.25) is 5.32 Å². The summed E-state index contributed by atoms with van der Waals surface area (Å²) in [6.45, 7) is 1.96. The van der Waals surface area contributed by atoms with Crippen LogP contribution >= 0.6 is 0 Å². The molecule has 20 heavy (non-hydrogen) atoms. The number of benzene rings is 2. The van der Waals surface area contributed by atoms with E-state index in [9.17, 15) is 4.79 Å². The number of anilines is 1. The van der Waals surface area contributed by atoms with Crippen LogP contribution in [-0.2, 0) is 4.74 Å². The van der Waals surface area contributed by atoms with Gasteiger partial charge in [0.25, 0.3) is 0 Å². The van der Waals surface area contributed by atoms with E-state index in [1.165, 1.54) is 7.11 Å². The lowest BCUT2D eigenvalue weighted by Crippen LogP contribution is -2.18.